The highest BCUT2D eigenvalue weighted by Crippen LogP contribution is 2.49. The first-order valence-electron chi connectivity index (χ1n) is 12.1. The molecule has 0 radical (unpaired) electrons. The van der Waals surface area contributed by atoms with Crippen LogP contribution in [0.5, 0.6) is 0 Å². The van der Waals surface area contributed by atoms with Crippen molar-refractivity contribution < 1.29 is 24.6 Å². The second-order valence-corrected chi connectivity index (χ2v) is 9.15. The van der Waals surface area contributed by atoms with Crippen LogP contribution in [0.25, 0.3) is 0 Å². The van der Waals surface area contributed by atoms with Crippen molar-refractivity contribution in [3.8, 4) is 6.07 Å². The summed E-state index contributed by atoms with van der Waals surface area (Å²) in [4.78, 5) is 46.3. The fraction of sp³-hybridized carbons (Fsp3) is 0.333. The number of amides is 1. The Kier molecular flexibility index (Phi) is 11.7. The lowest BCUT2D eigenvalue weighted by Crippen LogP contribution is -2.45. The molecule has 2 N–H and O–H groups in total. The molecule has 0 saturated heterocycles. The number of thioether (sulfide) groups is 1. The molecule has 0 saturated carbocycles. The average Bonchev–Trinajstić information content (AvgIpc) is 3.17. The fourth-order valence-corrected chi connectivity index (χ4v) is 4.96. The summed E-state index contributed by atoms with van der Waals surface area (Å²) in [5.74, 6) is -1.91. The van der Waals surface area contributed by atoms with E-state index in [4.69, 9.17) is 10.2 Å². The number of pyridine rings is 2. The Morgan fingerprint density at radius 2 is 1.55 bits per heavy atom. The maximum Gasteiger partial charge on any atom is 0.328 e. The predicted octanol–water partition coefficient (Wildman–Crippen LogP) is 3.15. The molecule has 1 aliphatic rings. The number of carboxylic acids is 2. The molecule has 0 aromatic carbocycles. The molecule has 38 heavy (non-hydrogen) atoms. The van der Waals surface area contributed by atoms with Crippen LogP contribution in [0, 0.1) is 11.3 Å². The Morgan fingerprint density at radius 3 is 1.92 bits per heavy atom. The van der Waals surface area contributed by atoms with Gasteiger partial charge in [0.2, 0.25) is 0 Å². The second kappa shape index (κ2) is 14.7. The lowest BCUT2D eigenvalue weighted by molar-refractivity contribution is -0.134. The van der Waals surface area contributed by atoms with E-state index in [1.165, 1.54) is 11.8 Å². The third kappa shape index (κ3) is 6.85. The normalized spacial score (nSPS) is 14.4. The Hall–Kier alpha value is -4.01. The summed E-state index contributed by atoms with van der Waals surface area (Å²) in [5, 5.41) is 26.6. The summed E-state index contributed by atoms with van der Waals surface area (Å²) in [7, 11) is 0. The van der Waals surface area contributed by atoms with Crippen molar-refractivity contribution >= 4 is 29.6 Å². The molecule has 0 fully saturated rings. The summed E-state index contributed by atoms with van der Waals surface area (Å²) in [6.45, 7) is 9.34. The average molecular weight is 538 g/mol. The van der Waals surface area contributed by atoms with E-state index in [1.807, 2.05) is 43.3 Å². The monoisotopic (exact) mass is 537 g/mol. The number of likely N-dealkylation sites (N-methyl/N-ethyl adjacent to an activating group) is 1. The zero-order chi connectivity index (χ0) is 28.1. The van der Waals surface area contributed by atoms with E-state index in [9.17, 15) is 19.6 Å². The fourth-order valence-electron chi connectivity index (χ4n) is 4.02. The van der Waals surface area contributed by atoms with Crippen molar-refractivity contribution in [3.63, 3.8) is 0 Å². The second-order valence-electron chi connectivity index (χ2n) is 7.90. The van der Waals surface area contributed by atoms with E-state index in [0.29, 0.717) is 40.7 Å². The zero-order valence-electron chi connectivity index (χ0n) is 21.6. The third-order valence-corrected chi connectivity index (χ3v) is 6.78. The Balaban J connectivity index is 0.000000550. The molecule has 2 aromatic heterocycles. The smallest absolute Gasteiger partial charge is 0.328 e. The van der Waals surface area contributed by atoms with Gasteiger partial charge in [-0.2, -0.15) is 5.26 Å². The summed E-state index contributed by atoms with van der Waals surface area (Å²) in [5.41, 5.74) is 0.156. The SMILES string of the molecule is CCSC1=C(C#N)C(c2ccccn2)(c2ccccn2)C(=O)N1CCN(CC)CC.O=C(O)C=CC(=O)O. The minimum Gasteiger partial charge on any atom is -0.478 e. The van der Waals surface area contributed by atoms with Gasteiger partial charge in [-0.25, -0.2) is 9.59 Å². The molecule has 3 heterocycles. The number of aromatic nitrogens is 2. The van der Waals surface area contributed by atoms with Gasteiger partial charge < -0.3 is 20.0 Å². The molecular formula is C27H31N5O5S. The Morgan fingerprint density at radius 1 is 1.03 bits per heavy atom. The number of rotatable bonds is 11. The molecule has 1 aliphatic heterocycles. The van der Waals surface area contributed by atoms with Crippen LogP contribution in [-0.2, 0) is 19.8 Å². The summed E-state index contributed by atoms with van der Waals surface area (Å²) in [6.07, 6.45) is 4.44. The van der Waals surface area contributed by atoms with Crippen LogP contribution < -0.4 is 0 Å². The standard InChI is InChI=1S/C23H27N5OS.C4H4O4/c1-4-27(5-2)15-16-28-21(30-6-3)18(17-24)23(22(28)29,19-11-7-9-13-25-19)20-12-8-10-14-26-20;5-3(6)1-2-4(7)8/h7-14H,4-6,15-16H2,1-3H3;1-2H,(H,5,6)(H,7,8). The van der Waals surface area contributed by atoms with Gasteiger partial charge in [0, 0.05) is 37.6 Å². The molecular weight excluding hydrogens is 506 g/mol. The maximum absolute atomic E-state index is 14.1. The minimum absolute atomic E-state index is 0.153. The highest BCUT2D eigenvalue weighted by molar-refractivity contribution is 8.03. The highest BCUT2D eigenvalue weighted by atomic mass is 32.2. The van der Waals surface area contributed by atoms with Gasteiger partial charge in [-0.1, -0.05) is 32.9 Å². The minimum atomic E-state index is -1.32. The van der Waals surface area contributed by atoms with Crippen molar-refractivity contribution in [2.75, 3.05) is 31.9 Å². The van der Waals surface area contributed by atoms with Gasteiger partial charge in [0.15, 0.2) is 5.41 Å². The summed E-state index contributed by atoms with van der Waals surface area (Å²) in [6, 6.07) is 13.3. The first-order chi connectivity index (χ1) is 18.3. The largest absolute Gasteiger partial charge is 0.478 e. The number of carbonyl (C=O) groups excluding carboxylic acids is 1. The number of aliphatic carboxylic acids is 2. The van der Waals surface area contributed by atoms with Crippen molar-refractivity contribution in [1.29, 1.82) is 5.26 Å². The number of carbonyl (C=O) groups is 3. The third-order valence-electron chi connectivity index (χ3n) is 5.79. The molecule has 2 aromatic rings. The topological polar surface area (TPSA) is 148 Å². The van der Waals surface area contributed by atoms with E-state index in [-0.39, 0.29) is 5.91 Å². The van der Waals surface area contributed by atoms with Crippen molar-refractivity contribution in [1.82, 2.24) is 19.8 Å². The van der Waals surface area contributed by atoms with Crippen LogP contribution >= 0.6 is 11.8 Å². The highest BCUT2D eigenvalue weighted by Gasteiger charge is 2.57. The molecule has 0 atom stereocenters. The van der Waals surface area contributed by atoms with E-state index >= 15 is 0 Å². The quantitative estimate of drug-likeness (QED) is 0.410. The van der Waals surface area contributed by atoms with Gasteiger partial charge in [-0.15, -0.1) is 11.8 Å². The Bertz CT molecular complexity index is 1150. The van der Waals surface area contributed by atoms with Gasteiger partial charge in [0.25, 0.3) is 5.91 Å². The van der Waals surface area contributed by atoms with Crippen molar-refractivity contribution in [2.24, 2.45) is 0 Å². The lowest BCUT2D eigenvalue weighted by Gasteiger charge is -2.29. The van der Waals surface area contributed by atoms with Crippen LogP contribution in [-0.4, -0.2) is 79.8 Å². The molecule has 11 heteroatoms. The van der Waals surface area contributed by atoms with Crippen LogP contribution in [0.3, 0.4) is 0 Å². The predicted molar refractivity (Wildman–Crippen MR) is 144 cm³/mol. The lowest BCUT2D eigenvalue weighted by atomic mass is 9.75. The van der Waals surface area contributed by atoms with E-state index in [1.54, 1.807) is 17.3 Å². The van der Waals surface area contributed by atoms with Crippen LogP contribution in [0.4, 0.5) is 0 Å². The molecule has 3 rings (SSSR count). The first-order valence-corrected chi connectivity index (χ1v) is 13.0. The van der Waals surface area contributed by atoms with E-state index in [0.717, 1.165) is 25.4 Å². The maximum atomic E-state index is 14.1. The summed E-state index contributed by atoms with van der Waals surface area (Å²) >= 11 is 1.53. The Labute approximate surface area is 226 Å². The van der Waals surface area contributed by atoms with Crippen molar-refractivity contribution in [3.05, 3.63) is 82.9 Å². The number of carboxylic acid groups (broad SMARTS) is 2. The van der Waals surface area contributed by atoms with Crippen LogP contribution in [0.1, 0.15) is 32.2 Å². The van der Waals surface area contributed by atoms with Crippen LogP contribution in [0.2, 0.25) is 0 Å². The molecule has 0 unspecified atom stereocenters. The van der Waals surface area contributed by atoms with Gasteiger partial charge in [-0.3, -0.25) is 14.8 Å². The number of hydrogen-bond donors (Lipinski definition) is 2. The molecule has 1 amide bonds. The molecule has 0 spiro atoms. The molecule has 200 valence electrons. The van der Waals surface area contributed by atoms with Crippen LogP contribution in [0.15, 0.2) is 71.5 Å². The number of nitrogens with zero attached hydrogens (tertiary/aromatic N) is 5. The molecule has 10 nitrogen and oxygen atoms in total. The van der Waals surface area contributed by atoms with Crippen molar-refractivity contribution in [2.45, 2.75) is 26.2 Å². The van der Waals surface area contributed by atoms with Gasteiger partial charge >= 0.3 is 11.9 Å². The van der Waals surface area contributed by atoms with E-state index in [2.05, 4.69) is 34.8 Å². The molecule has 0 aliphatic carbocycles. The van der Waals surface area contributed by atoms with E-state index < -0.39 is 17.4 Å². The zero-order valence-corrected chi connectivity index (χ0v) is 22.4. The van der Waals surface area contributed by atoms with Gasteiger partial charge in [-0.05, 0) is 43.1 Å². The first kappa shape index (κ1) is 30.2. The molecule has 0 bridgehead atoms. The number of nitriles is 1. The summed E-state index contributed by atoms with van der Waals surface area (Å²) < 4.78 is 0. The van der Waals surface area contributed by atoms with Gasteiger partial charge in [0.1, 0.15) is 0 Å². The number of hydrogen-bond acceptors (Lipinski definition) is 8. The van der Waals surface area contributed by atoms with Gasteiger partial charge in [0.05, 0.1) is 28.1 Å².